The van der Waals surface area contributed by atoms with E-state index in [4.69, 9.17) is 19.6 Å². The number of benzene rings is 3. The van der Waals surface area contributed by atoms with E-state index in [0.29, 0.717) is 19.8 Å². The van der Waals surface area contributed by atoms with E-state index in [1.54, 1.807) is 0 Å². The maximum absolute atomic E-state index is 8.73. The van der Waals surface area contributed by atoms with Crippen LogP contribution in [0.4, 0.5) is 11.4 Å². The van der Waals surface area contributed by atoms with E-state index >= 15 is 0 Å². The molecule has 30 heavy (non-hydrogen) atoms. The summed E-state index contributed by atoms with van der Waals surface area (Å²) in [6.45, 7) is 1.27. The molecular weight excluding hydrogens is 376 g/mol. The van der Waals surface area contributed by atoms with Crippen LogP contribution in [0.3, 0.4) is 0 Å². The Morgan fingerprint density at radius 3 is 2.23 bits per heavy atom. The first kappa shape index (κ1) is 20.1. The third kappa shape index (κ3) is 4.87. The second-order valence-corrected chi connectivity index (χ2v) is 7.04. The summed E-state index contributed by atoms with van der Waals surface area (Å²) in [5.41, 5.74) is 3.34. The first-order valence-corrected chi connectivity index (χ1v) is 10.2. The fraction of sp³-hybridized carbons (Fsp3) is 0.240. The topological polar surface area (TPSA) is 54.3 Å². The minimum absolute atomic E-state index is 0.0278. The first-order chi connectivity index (χ1) is 14.8. The number of nitrogens with zero attached hydrogens (tertiary/aromatic N) is 2. The highest BCUT2D eigenvalue weighted by Crippen LogP contribution is 2.40. The summed E-state index contributed by atoms with van der Waals surface area (Å²) in [7, 11) is 0. The summed E-state index contributed by atoms with van der Waals surface area (Å²) in [6, 6.07) is 29.0. The number of aliphatic imine (C=N–C) groups is 1. The summed E-state index contributed by atoms with van der Waals surface area (Å²) >= 11 is 0. The zero-order valence-corrected chi connectivity index (χ0v) is 16.9. The average molecular weight is 402 g/mol. The van der Waals surface area contributed by atoms with Gasteiger partial charge < -0.3 is 19.5 Å². The molecule has 0 radical (unpaired) electrons. The van der Waals surface area contributed by atoms with Crippen molar-refractivity contribution < 1.29 is 14.6 Å². The Bertz CT molecular complexity index is 943. The standard InChI is InChI=1S/C25H26N2O3/c28-15-16-29-17-18-30-23-13-11-22(12-14-23)27-24(20-7-3-1-4-8-20)19-25(27)26-21-9-5-2-6-10-21/h1-14,24,28H,15-19H2. The van der Waals surface area contributed by atoms with Gasteiger partial charge in [0.2, 0.25) is 0 Å². The van der Waals surface area contributed by atoms with Crippen LogP contribution in [0.1, 0.15) is 18.0 Å². The molecule has 5 nitrogen and oxygen atoms in total. The molecule has 1 aliphatic heterocycles. The van der Waals surface area contributed by atoms with Crippen molar-refractivity contribution in [2.75, 3.05) is 31.3 Å². The van der Waals surface area contributed by atoms with Gasteiger partial charge in [0, 0.05) is 12.1 Å². The van der Waals surface area contributed by atoms with E-state index in [-0.39, 0.29) is 12.6 Å². The van der Waals surface area contributed by atoms with Crippen LogP contribution in [-0.2, 0) is 4.74 Å². The van der Waals surface area contributed by atoms with Crippen LogP contribution < -0.4 is 9.64 Å². The summed E-state index contributed by atoms with van der Waals surface area (Å²) < 4.78 is 10.9. The van der Waals surface area contributed by atoms with E-state index in [1.807, 2.05) is 48.5 Å². The SMILES string of the molecule is OCCOCCOc1ccc(N2C(=Nc3ccccc3)CC2c2ccccc2)cc1. The predicted octanol–water partition coefficient (Wildman–Crippen LogP) is 4.76. The van der Waals surface area contributed by atoms with Gasteiger partial charge >= 0.3 is 0 Å². The van der Waals surface area contributed by atoms with Crippen LogP contribution in [0, 0.1) is 0 Å². The largest absolute Gasteiger partial charge is 0.491 e. The molecule has 0 amide bonds. The molecule has 3 aromatic rings. The molecule has 154 valence electrons. The molecule has 0 bridgehead atoms. The van der Waals surface area contributed by atoms with Gasteiger partial charge in [-0.25, -0.2) is 4.99 Å². The van der Waals surface area contributed by atoms with Crippen LogP contribution in [0.25, 0.3) is 0 Å². The summed E-state index contributed by atoms with van der Waals surface area (Å²) in [6.07, 6.45) is 0.902. The lowest BCUT2D eigenvalue weighted by atomic mass is 9.92. The van der Waals surface area contributed by atoms with E-state index in [0.717, 1.165) is 29.4 Å². The minimum Gasteiger partial charge on any atom is -0.491 e. The van der Waals surface area contributed by atoms with Crippen molar-refractivity contribution in [2.24, 2.45) is 4.99 Å². The maximum Gasteiger partial charge on any atom is 0.119 e. The van der Waals surface area contributed by atoms with Gasteiger partial charge in [0.15, 0.2) is 0 Å². The molecule has 1 N–H and O–H groups in total. The molecule has 1 unspecified atom stereocenters. The minimum atomic E-state index is 0.0278. The van der Waals surface area contributed by atoms with Gasteiger partial charge in [0.05, 0.1) is 31.5 Å². The Balaban J connectivity index is 1.50. The molecule has 0 aromatic heterocycles. The molecule has 1 aliphatic rings. The average Bonchev–Trinajstić information content (AvgIpc) is 2.78. The van der Waals surface area contributed by atoms with Crippen LogP contribution in [0.2, 0.25) is 0 Å². The van der Waals surface area contributed by atoms with Crippen LogP contribution >= 0.6 is 0 Å². The molecule has 0 spiro atoms. The van der Waals surface area contributed by atoms with Gasteiger partial charge in [-0.3, -0.25) is 0 Å². The number of para-hydroxylation sites is 1. The molecule has 1 saturated heterocycles. The van der Waals surface area contributed by atoms with Crippen molar-refractivity contribution in [1.82, 2.24) is 0 Å². The summed E-state index contributed by atoms with van der Waals surface area (Å²) in [5, 5.41) is 8.73. The van der Waals surface area contributed by atoms with Gasteiger partial charge in [0.1, 0.15) is 18.2 Å². The number of rotatable bonds is 9. The highest BCUT2D eigenvalue weighted by Gasteiger charge is 2.36. The van der Waals surface area contributed by atoms with Crippen molar-refractivity contribution in [2.45, 2.75) is 12.5 Å². The summed E-state index contributed by atoms with van der Waals surface area (Å²) in [4.78, 5) is 7.16. The van der Waals surface area contributed by atoms with Crippen molar-refractivity contribution in [3.05, 3.63) is 90.5 Å². The van der Waals surface area contributed by atoms with Crippen LogP contribution in [0.15, 0.2) is 89.9 Å². The van der Waals surface area contributed by atoms with Crippen molar-refractivity contribution in [3.8, 4) is 5.75 Å². The smallest absolute Gasteiger partial charge is 0.119 e. The second kappa shape index (κ2) is 10.1. The van der Waals surface area contributed by atoms with Crippen LogP contribution in [-0.4, -0.2) is 37.4 Å². The predicted molar refractivity (Wildman–Crippen MR) is 120 cm³/mol. The Morgan fingerprint density at radius 1 is 0.833 bits per heavy atom. The molecule has 3 aromatic carbocycles. The molecule has 1 heterocycles. The monoisotopic (exact) mass is 402 g/mol. The van der Waals surface area contributed by atoms with Gasteiger partial charge in [-0.1, -0.05) is 48.5 Å². The third-order valence-electron chi connectivity index (χ3n) is 5.01. The second-order valence-electron chi connectivity index (χ2n) is 7.04. The Labute approximate surface area is 177 Å². The number of aliphatic hydroxyl groups excluding tert-OH is 1. The number of aliphatic hydroxyl groups is 1. The van der Waals surface area contributed by atoms with Gasteiger partial charge in [0.25, 0.3) is 0 Å². The molecule has 0 saturated carbocycles. The Morgan fingerprint density at radius 2 is 1.53 bits per heavy atom. The van der Waals surface area contributed by atoms with E-state index < -0.39 is 0 Å². The normalized spacial score (nSPS) is 17.0. The van der Waals surface area contributed by atoms with Crippen molar-refractivity contribution in [1.29, 1.82) is 0 Å². The zero-order valence-electron chi connectivity index (χ0n) is 16.9. The molecular formula is C25H26N2O3. The molecule has 1 fully saturated rings. The van der Waals surface area contributed by atoms with E-state index in [1.165, 1.54) is 5.56 Å². The van der Waals surface area contributed by atoms with Gasteiger partial charge in [-0.15, -0.1) is 0 Å². The first-order valence-electron chi connectivity index (χ1n) is 10.2. The number of ether oxygens (including phenoxy) is 2. The zero-order chi connectivity index (χ0) is 20.6. The lowest BCUT2D eigenvalue weighted by Gasteiger charge is -2.44. The fourth-order valence-corrected chi connectivity index (χ4v) is 3.54. The number of amidine groups is 1. The van der Waals surface area contributed by atoms with Crippen molar-refractivity contribution >= 4 is 17.2 Å². The molecule has 5 heteroatoms. The highest BCUT2D eigenvalue weighted by atomic mass is 16.5. The lowest BCUT2D eigenvalue weighted by Crippen LogP contribution is -2.46. The van der Waals surface area contributed by atoms with Gasteiger partial charge in [-0.05, 0) is 42.0 Å². The Hall–Kier alpha value is -3.15. The fourth-order valence-electron chi connectivity index (χ4n) is 3.54. The van der Waals surface area contributed by atoms with E-state index in [9.17, 15) is 0 Å². The van der Waals surface area contributed by atoms with Gasteiger partial charge in [-0.2, -0.15) is 0 Å². The quantitative estimate of drug-likeness (QED) is 0.525. The lowest BCUT2D eigenvalue weighted by molar-refractivity contribution is 0.0705. The maximum atomic E-state index is 8.73. The third-order valence-corrected chi connectivity index (χ3v) is 5.01. The van der Waals surface area contributed by atoms with Crippen LogP contribution in [0.5, 0.6) is 5.75 Å². The summed E-state index contributed by atoms with van der Waals surface area (Å²) in [5.74, 6) is 1.85. The molecule has 0 aliphatic carbocycles. The number of anilines is 1. The molecule has 4 rings (SSSR count). The highest BCUT2D eigenvalue weighted by molar-refractivity contribution is 6.06. The van der Waals surface area contributed by atoms with Crippen molar-refractivity contribution in [3.63, 3.8) is 0 Å². The molecule has 1 atom stereocenters. The number of hydrogen-bond acceptors (Lipinski definition) is 4. The Kier molecular flexibility index (Phi) is 6.75. The van der Waals surface area contributed by atoms with E-state index in [2.05, 4.69) is 41.3 Å². The number of hydrogen-bond donors (Lipinski definition) is 1.